The molecule has 15 heavy (non-hydrogen) atoms. The summed E-state index contributed by atoms with van der Waals surface area (Å²) < 4.78 is 44.5. The van der Waals surface area contributed by atoms with Gasteiger partial charge in [0.05, 0.1) is 18.6 Å². The molecule has 0 heterocycles. The third-order valence-electron chi connectivity index (χ3n) is 2.20. The number of esters is 1. The summed E-state index contributed by atoms with van der Waals surface area (Å²) in [7, 11) is 0. The molecular weight excluding hydrogens is 213 g/mol. The number of carbonyl (C=O) groups excluding carboxylic acids is 1. The Bertz CT molecular complexity index is 221. The average molecular weight is 226 g/mol. The van der Waals surface area contributed by atoms with E-state index in [9.17, 15) is 18.0 Å². The fourth-order valence-electron chi connectivity index (χ4n) is 1.37. The molecule has 0 aliphatic heterocycles. The number of rotatable bonds is 4. The van der Waals surface area contributed by atoms with Crippen LogP contribution < -0.4 is 0 Å². The van der Waals surface area contributed by atoms with Crippen LogP contribution in [-0.2, 0) is 14.3 Å². The van der Waals surface area contributed by atoms with Gasteiger partial charge in [0.2, 0.25) is 0 Å². The Labute approximate surface area is 85.5 Å². The highest BCUT2D eigenvalue weighted by Crippen LogP contribution is 2.32. The monoisotopic (exact) mass is 226 g/mol. The van der Waals surface area contributed by atoms with E-state index in [4.69, 9.17) is 4.74 Å². The first kappa shape index (κ1) is 12.3. The Hall–Kier alpha value is -0.780. The van der Waals surface area contributed by atoms with Crippen molar-refractivity contribution in [3.8, 4) is 0 Å². The topological polar surface area (TPSA) is 35.5 Å². The summed E-state index contributed by atoms with van der Waals surface area (Å²) in [5.41, 5.74) is 0. The van der Waals surface area contributed by atoms with Crippen molar-refractivity contribution in [2.45, 2.75) is 32.0 Å². The molecular formula is C9H13F3O3. The minimum absolute atomic E-state index is 0.289. The molecule has 0 aromatic heterocycles. The van der Waals surface area contributed by atoms with Gasteiger partial charge in [-0.3, -0.25) is 4.79 Å². The molecule has 1 fully saturated rings. The lowest BCUT2D eigenvalue weighted by Crippen LogP contribution is -2.39. The minimum atomic E-state index is -4.30. The van der Waals surface area contributed by atoms with Gasteiger partial charge in [0.1, 0.15) is 6.61 Å². The van der Waals surface area contributed by atoms with Crippen molar-refractivity contribution in [1.29, 1.82) is 0 Å². The van der Waals surface area contributed by atoms with E-state index in [1.807, 2.05) is 0 Å². The number of hydrogen-bond donors (Lipinski definition) is 0. The first-order valence-electron chi connectivity index (χ1n) is 4.77. The second-order valence-electron chi connectivity index (χ2n) is 3.47. The van der Waals surface area contributed by atoms with E-state index in [-0.39, 0.29) is 11.9 Å². The molecule has 0 saturated heterocycles. The summed E-state index contributed by atoms with van der Waals surface area (Å²) in [6, 6.07) is 0. The molecule has 1 saturated carbocycles. The number of hydrogen-bond acceptors (Lipinski definition) is 3. The first-order chi connectivity index (χ1) is 6.92. The standard InChI is InChI=1S/C9H13F3O3/c1-2-14-8(13)6-3-7(4-6)15-5-9(10,11)12/h6-7H,2-5H2,1H3. The van der Waals surface area contributed by atoms with Crippen LogP contribution in [0.1, 0.15) is 19.8 Å². The summed E-state index contributed by atoms with van der Waals surface area (Å²) in [5, 5.41) is 0. The lowest BCUT2D eigenvalue weighted by molar-refractivity contribution is -0.199. The van der Waals surface area contributed by atoms with E-state index in [2.05, 4.69) is 4.74 Å². The predicted octanol–water partition coefficient (Wildman–Crippen LogP) is 1.91. The third-order valence-corrected chi connectivity index (χ3v) is 2.20. The van der Waals surface area contributed by atoms with Gasteiger partial charge in [-0.1, -0.05) is 0 Å². The van der Waals surface area contributed by atoms with Crippen LogP contribution in [0.3, 0.4) is 0 Å². The zero-order valence-electron chi connectivity index (χ0n) is 8.34. The summed E-state index contributed by atoms with van der Waals surface area (Å²) in [4.78, 5) is 11.1. The van der Waals surface area contributed by atoms with Gasteiger partial charge < -0.3 is 9.47 Å². The lowest BCUT2D eigenvalue weighted by Gasteiger charge is -2.33. The van der Waals surface area contributed by atoms with Gasteiger partial charge >= 0.3 is 12.1 Å². The summed E-state index contributed by atoms with van der Waals surface area (Å²) in [5.74, 6) is -0.632. The Morgan fingerprint density at radius 2 is 2.00 bits per heavy atom. The lowest BCUT2D eigenvalue weighted by atomic mass is 9.82. The van der Waals surface area contributed by atoms with Gasteiger partial charge in [-0.05, 0) is 19.8 Å². The van der Waals surface area contributed by atoms with Crippen molar-refractivity contribution in [3.05, 3.63) is 0 Å². The average Bonchev–Trinajstić information content (AvgIpc) is 1.99. The van der Waals surface area contributed by atoms with Crippen LogP contribution in [0.25, 0.3) is 0 Å². The van der Waals surface area contributed by atoms with Crippen LogP contribution in [0, 0.1) is 5.92 Å². The minimum Gasteiger partial charge on any atom is -0.466 e. The molecule has 0 amide bonds. The van der Waals surface area contributed by atoms with Gasteiger partial charge in [-0.15, -0.1) is 0 Å². The predicted molar refractivity (Wildman–Crippen MR) is 45.2 cm³/mol. The Kier molecular flexibility index (Phi) is 3.96. The van der Waals surface area contributed by atoms with Crippen LogP contribution in [0.5, 0.6) is 0 Å². The quantitative estimate of drug-likeness (QED) is 0.687. The molecule has 0 unspecified atom stereocenters. The molecule has 1 rings (SSSR count). The molecule has 0 bridgehead atoms. The van der Waals surface area contributed by atoms with Gasteiger partial charge in [-0.2, -0.15) is 13.2 Å². The molecule has 0 atom stereocenters. The summed E-state index contributed by atoms with van der Waals surface area (Å²) >= 11 is 0. The van der Waals surface area contributed by atoms with Gasteiger partial charge in [0.15, 0.2) is 0 Å². The van der Waals surface area contributed by atoms with Crippen molar-refractivity contribution in [3.63, 3.8) is 0 Å². The fourth-order valence-corrected chi connectivity index (χ4v) is 1.37. The maximum absolute atomic E-state index is 11.7. The van der Waals surface area contributed by atoms with Crippen molar-refractivity contribution in [2.24, 2.45) is 5.92 Å². The van der Waals surface area contributed by atoms with Crippen LogP contribution in [-0.4, -0.2) is 31.5 Å². The molecule has 0 radical (unpaired) electrons. The number of carbonyl (C=O) groups is 1. The highest BCUT2D eigenvalue weighted by Gasteiger charge is 2.38. The smallest absolute Gasteiger partial charge is 0.411 e. The molecule has 0 spiro atoms. The molecule has 6 heteroatoms. The Morgan fingerprint density at radius 3 is 2.47 bits per heavy atom. The fraction of sp³-hybridized carbons (Fsp3) is 0.889. The van der Waals surface area contributed by atoms with E-state index in [0.717, 1.165) is 0 Å². The number of ether oxygens (including phenoxy) is 2. The van der Waals surface area contributed by atoms with Crippen LogP contribution in [0.15, 0.2) is 0 Å². The largest absolute Gasteiger partial charge is 0.466 e. The van der Waals surface area contributed by atoms with Crippen molar-refractivity contribution in [1.82, 2.24) is 0 Å². The van der Waals surface area contributed by atoms with E-state index < -0.39 is 18.9 Å². The molecule has 0 N–H and O–H groups in total. The highest BCUT2D eigenvalue weighted by molar-refractivity contribution is 5.73. The van der Waals surface area contributed by atoms with Crippen molar-refractivity contribution < 1.29 is 27.4 Å². The van der Waals surface area contributed by atoms with E-state index >= 15 is 0 Å². The zero-order valence-corrected chi connectivity index (χ0v) is 8.34. The molecule has 1 aliphatic carbocycles. The van der Waals surface area contributed by atoms with Crippen LogP contribution >= 0.6 is 0 Å². The van der Waals surface area contributed by atoms with Crippen molar-refractivity contribution >= 4 is 5.97 Å². The van der Waals surface area contributed by atoms with Gasteiger partial charge in [0.25, 0.3) is 0 Å². The van der Waals surface area contributed by atoms with Crippen LogP contribution in [0.2, 0.25) is 0 Å². The SMILES string of the molecule is CCOC(=O)C1CC(OCC(F)(F)F)C1. The van der Waals surface area contributed by atoms with Crippen molar-refractivity contribution in [2.75, 3.05) is 13.2 Å². The van der Waals surface area contributed by atoms with E-state index in [0.29, 0.717) is 19.4 Å². The van der Waals surface area contributed by atoms with Gasteiger partial charge in [-0.25, -0.2) is 0 Å². The maximum atomic E-state index is 11.7. The summed E-state index contributed by atoms with van der Waals surface area (Å²) in [6.45, 7) is 0.741. The maximum Gasteiger partial charge on any atom is 0.411 e. The third kappa shape index (κ3) is 4.07. The molecule has 88 valence electrons. The zero-order chi connectivity index (χ0) is 11.5. The molecule has 1 aliphatic rings. The first-order valence-corrected chi connectivity index (χ1v) is 4.77. The second kappa shape index (κ2) is 4.83. The number of halogens is 3. The van der Waals surface area contributed by atoms with E-state index in [1.165, 1.54) is 0 Å². The highest BCUT2D eigenvalue weighted by atomic mass is 19.4. The Morgan fingerprint density at radius 1 is 1.40 bits per heavy atom. The van der Waals surface area contributed by atoms with Gasteiger partial charge in [0, 0.05) is 0 Å². The molecule has 0 aromatic rings. The molecule has 3 nitrogen and oxygen atoms in total. The number of alkyl halides is 3. The normalized spacial score (nSPS) is 25.9. The Balaban J connectivity index is 2.13. The van der Waals surface area contributed by atoms with E-state index in [1.54, 1.807) is 6.92 Å². The summed E-state index contributed by atoms with van der Waals surface area (Å²) in [6.07, 6.45) is -4.10. The molecule has 0 aromatic carbocycles. The second-order valence-corrected chi connectivity index (χ2v) is 3.47. The van der Waals surface area contributed by atoms with Crippen LogP contribution in [0.4, 0.5) is 13.2 Å².